The third kappa shape index (κ3) is 2.56. The average molecular weight is 393 g/mol. The summed E-state index contributed by atoms with van der Waals surface area (Å²) in [7, 11) is 0. The van der Waals surface area contributed by atoms with Crippen molar-refractivity contribution in [1.82, 2.24) is 10.3 Å². The van der Waals surface area contributed by atoms with Gasteiger partial charge in [0.2, 0.25) is 5.69 Å². The van der Waals surface area contributed by atoms with Gasteiger partial charge in [-0.15, -0.1) is 11.3 Å². The summed E-state index contributed by atoms with van der Waals surface area (Å²) in [5.41, 5.74) is 8.72. The summed E-state index contributed by atoms with van der Waals surface area (Å²) in [5, 5.41) is 3.27. The molecule has 1 aliphatic carbocycles. The van der Waals surface area contributed by atoms with Gasteiger partial charge in [-0.25, -0.2) is 9.78 Å². The Morgan fingerprint density at radius 1 is 1.21 bits per heavy atom. The first kappa shape index (κ1) is 16.9. The molecule has 7 nitrogen and oxygen atoms in total. The number of rotatable bonds is 3. The second-order valence-corrected chi connectivity index (χ2v) is 7.83. The fourth-order valence-electron chi connectivity index (χ4n) is 3.66. The van der Waals surface area contributed by atoms with Gasteiger partial charge in [0.1, 0.15) is 9.71 Å². The van der Waals surface area contributed by atoms with E-state index in [1.165, 1.54) is 21.6 Å². The van der Waals surface area contributed by atoms with E-state index in [1.54, 1.807) is 12.1 Å². The van der Waals surface area contributed by atoms with Crippen molar-refractivity contribution in [2.45, 2.75) is 25.7 Å². The van der Waals surface area contributed by atoms with Gasteiger partial charge >= 0.3 is 11.3 Å². The molecule has 140 valence electrons. The Morgan fingerprint density at radius 3 is 2.82 bits per heavy atom. The van der Waals surface area contributed by atoms with Crippen molar-refractivity contribution in [2.75, 3.05) is 5.73 Å². The number of hydrogen-bond acceptors (Lipinski definition) is 6. The Balaban J connectivity index is 1.66. The number of hydrogen-bond donors (Lipinski definition) is 2. The SMILES string of the molecule is Nc1c(C(=O)c2c(=O)o[nH][n+]2-c2ccccc2)sc2nc3c(cc12)CCCC3. The zero-order chi connectivity index (χ0) is 19.3. The molecule has 0 aliphatic heterocycles. The maximum Gasteiger partial charge on any atom is 0.439 e. The van der Waals surface area contributed by atoms with Crippen molar-refractivity contribution >= 4 is 33.0 Å². The highest BCUT2D eigenvalue weighted by Gasteiger charge is 2.34. The van der Waals surface area contributed by atoms with E-state index in [0.717, 1.165) is 41.6 Å². The molecule has 0 fully saturated rings. The molecule has 0 amide bonds. The van der Waals surface area contributed by atoms with E-state index in [1.807, 2.05) is 24.3 Å². The zero-order valence-corrected chi connectivity index (χ0v) is 15.7. The summed E-state index contributed by atoms with van der Waals surface area (Å²) in [6, 6.07) is 11.1. The van der Waals surface area contributed by atoms with Gasteiger partial charge in [-0.3, -0.25) is 9.32 Å². The van der Waals surface area contributed by atoms with Crippen LogP contribution in [0.25, 0.3) is 15.9 Å². The molecule has 0 saturated heterocycles. The number of carbonyl (C=O) groups is 1. The highest BCUT2D eigenvalue weighted by atomic mass is 32.1. The third-order valence-electron chi connectivity index (χ3n) is 5.08. The number of aromatic nitrogens is 3. The molecule has 0 radical (unpaired) electrons. The first-order valence-electron chi connectivity index (χ1n) is 9.08. The maximum absolute atomic E-state index is 13.2. The Kier molecular flexibility index (Phi) is 3.87. The number of ketones is 1. The second kappa shape index (κ2) is 6.42. The number of fused-ring (bicyclic) bond motifs is 2. The van der Waals surface area contributed by atoms with Crippen molar-refractivity contribution in [2.24, 2.45) is 0 Å². The fourth-order valence-corrected chi connectivity index (χ4v) is 4.70. The van der Waals surface area contributed by atoms with Crippen molar-refractivity contribution in [1.29, 1.82) is 0 Å². The Bertz CT molecular complexity index is 1270. The first-order valence-corrected chi connectivity index (χ1v) is 9.89. The summed E-state index contributed by atoms with van der Waals surface area (Å²) >= 11 is 1.22. The molecule has 5 rings (SSSR count). The molecule has 28 heavy (non-hydrogen) atoms. The fraction of sp³-hybridized carbons (Fsp3) is 0.200. The third-order valence-corrected chi connectivity index (χ3v) is 6.20. The summed E-state index contributed by atoms with van der Waals surface area (Å²) in [6.45, 7) is 0. The van der Waals surface area contributed by atoms with Crippen LogP contribution in [0.2, 0.25) is 0 Å². The molecule has 0 saturated carbocycles. The number of aromatic amines is 1. The Labute approximate surface area is 163 Å². The molecule has 8 heteroatoms. The Morgan fingerprint density at radius 2 is 2.00 bits per heavy atom. The number of nitrogens with zero attached hydrogens (tertiary/aromatic N) is 2. The highest BCUT2D eigenvalue weighted by Crippen LogP contribution is 2.36. The zero-order valence-electron chi connectivity index (χ0n) is 14.9. The van der Waals surface area contributed by atoms with Crippen molar-refractivity contribution in [3.8, 4) is 5.69 Å². The summed E-state index contributed by atoms with van der Waals surface area (Å²) < 4.78 is 6.24. The van der Waals surface area contributed by atoms with E-state index in [0.29, 0.717) is 16.3 Å². The topological polar surface area (TPSA) is 106 Å². The summed E-state index contributed by atoms with van der Waals surface area (Å²) in [6.07, 6.45) is 4.19. The number of benzene rings is 1. The van der Waals surface area contributed by atoms with Crippen LogP contribution in [0, 0.1) is 0 Å². The van der Waals surface area contributed by atoms with E-state index in [-0.39, 0.29) is 5.69 Å². The van der Waals surface area contributed by atoms with Crippen molar-refractivity contribution in [3.05, 3.63) is 68.6 Å². The molecular weight excluding hydrogens is 376 g/mol. The normalized spacial score (nSPS) is 13.6. The number of pyridine rings is 1. The lowest BCUT2D eigenvalue weighted by atomic mass is 9.95. The standard InChI is InChI=1S/C20H16N4O3S/c21-15-13-10-11-6-4-5-9-14(11)22-19(13)28-18(15)17(25)16-20(26)27-23-24(16)12-7-2-1-3-8-12/h1-3,7-8,10H,4-6,9H2,(H2-,21,23,25,26)/p+1. The predicted octanol–water partition coefficient (Wildman–Crippen LogP) is 2.55. The van der Waals surface area contributed by atoms with Crippen LogP contribution in [0.15, 0.2) is 45.7 Å². The van der Waals surface area contributed by atoms with Gasteiger partial charge in [0.15, 0.2) is 0 Å². The minimum atomic E-state index is -0.738. The summed E-state index contributed by atoms with van der Waals surface area (Å²) in [4.78, 5) is 31.3. The number of nitrogens with one attached hydrogen (secondary N) is 1. The molecule has 1 aliphatic rings. The molecule has 0 unspecified atom stereocenters. The molecule has 0 spiro atoms. The van der Waals surface area contributed by atoms with Gasteiger partial charge in [0.25, 0.3) is 5.78 Å². The first-order chi connectivity index (χ1) is 13.6. The van der Waals surface area contributed by atoms with E-state index in [2.05, 4.69) is 5.27 Å². The van der Waals surface area contributed by atoms with Crippen LogP contribution in [0.4, 0.5) is 5.69 Å². The van der Waals surface area contributed by atoms with Gasteiger partial charge < -0.3 is 5.73 Å². The van der Waals surface area contributed by atoms with E-state index in [9.17, 15) is 9.59 Å². The predicted molar refractivity (Wildman–Crippen MR) is 105 cm³/mol. The monoisotopic (exact) mass is 393 g/mol. The molecule has 3 aromatic heterocycles. The molecule has 0 atom stereocenters. The minimum absolute atomic E-state index is 0.116. The van der Waals surface area contributed by atoms with Gasteiger partial charge in [-0.05, 0) is 47.3 Å². The lowest BCUT2D eigenvalue weighted by Crippen LogP contribution is -2.41. The van der Waals surface area contributed by atoms with Crippen molar-refractivity contribution in [3.63, 3.8) is 0 Å². The minimum Gasteiger partial charge on any atom is -0.397 e. The van der Waals surface area contributed by atoms with Crippen LogP contribution in [-0.2, 0) is 12.8 Å². The van der Waals surface area contributed by atoms with E-state index >= 15 is 0 Å². The van der Waals surface area contributed by atoms with Gasteiger partial charge in [0.05, 0.1) is 5.69 Å². The van der Waals surface area contributed by atoms with Crippen LogP contribution < -0.4 is 16.0 Å². The maximum atomic E-state index is 13.2. The number of H-pyrrole nitrogens is 1. The number of nitrogens with two attached hydrogens (primary N) is 1. The second-order valence-electron chi connectivity index (χ2n) is 6.83. The van der Waals surface area contributed by atoms with Gasteiger partial charge in [-0.2, -0.15) is 0 Å². The highest BCUT2D eigenvalue weighted by molar-refractivity contribution is 7.21. The van der Waals surface area contributed by atoms with Crippen molar-refractivity contribution < 1.29 is 14.0 Å². The lowest BCUT2D eigenvalue weighted by molar-refractivity contribution is -0.672. The lowest BCUT2D eigenvalue weighted by Gasteiger charge is -2.14. The van der Waals surface area contributed by atoms with Crippen LogP contribution in [0.5, 0.6) is 0 Å². The largest absolute Gasteiger partial charge is 0.439 e. The molecule has 3 heterocycles. The van der Waals surface area contributed by atoms with Gasteiger partial charge in [-0.1, -0.05) is 18.2 Å². The Hall–Kier alpha value is -3.26. The van der Waals surface area contributed by atoms with E-state index < -0.39 is 11.4 Å². The molecule has 3 N–H and O–H groups in total. The number of nitrogen functional groups attached to an aromatic ring is 1. The average Bonchev–Trinajstić information content (AvgIpc) is 3.27. The summed E-state index contributed by atoms with van der Waals surface area (Å²) in [5.74, 6) is -0.475. The van der Waals surface area contributed by atoms with Crippen LogP contribution >= 0.6 is 11.3 Å². The molecule has 0 bridgehead atoms. The number of para-hydroxylation sites is 1. The molecule has 1 aromatic carbocycles. The molecular formula is C20H17N4O3S+. The van der Waals surface area contributed by atoms with Crippen LogP contribution in [0.1, 0.15) is 39.5 Å². The number of carbonyl (C=O) groups excluding carboxylic acids is 1. The van der Waals surface area contributed by atoms with Crippen LogP contribution in [-0.4, -0.2) is 16.0 Å². The van der Waals surface area contributed by atoms with E-state index in [4.69, 9.17) is 15.2 Å². The van der Waals surface area contributed by atoms with Crippen LogP contribution in [0.3, 0.4) is 0 Å². The quantitative estimate of drug-likeness (QED) is 0.411. The number of aryl methyl sites for hydroxylation is 2. The number of thiophene rings is 1. The number of anilines is 1. The molecule has 4 aromatic rings. The smallest absolute Gasteiger partial charge is 0.397 e. The van der Waals surface area contributed by atoms with Gasteiger partial charge in [0, 0.05) is 23.2 Å².